The van der Waals surface area contributed by atoms with Crippen molar-refractivity contribution in [3.05, 3.63) is 84.0 Å². The highest BCUT2D eigenvalue weighted by molar-refractivity contribution is 7.62. The first kappa shape index (κ1) is 15.8. The van der Waals surface area contributed by atoms with Crippen LogP contribution >= 0.6 is 7.37 Å². The van der Waals surface area contributed by atoms with Crippen LogP contribution in [0, 0.1) is 6.92 Å². The van der Waals surface area contributed by atoms with E-state index in [4.69, 9.17) is 0 Å². The van der Waals surface area contributed by atoms with Crippen LogP contribution in [0.4, 0.5) is 0 Å². The van der Waals surface area contributed by atoms with Gasteiger partial charge in [-0.05, 0) is 30.0 Å². The molecule has 1 radical (unpaired) electrons. The van der Waals surface area contributed by atoms with Gasteiger partial charge in [-0.25, -0.2) is 0 Å². The van der Waals surface area contributed by atoms with E-state index in [-0.39, 0.29) is 6.16 Å². The lowest BCUT2D eigenvalue weighted by Crippen LogP contribution is -1.95. The maximum absolute atomic E-state index is 12.8. The normalized spacial score (nSPS) is 15.2. The Morgan fingerprint density at radius 2 is 1.57 bits per heavy atom. The number of hydrogen-bond donors (Lipinski definition) is 1. The third-order valence-electron chi connectivity index (χ3n) is 3.47. The molecule has 1 atom stereocenters. The van der Waals surface area contributed by atoms with Gasteiger partial charge < -0.3 is 4.89 Å². The minimum Gasteiger partial charge on any atom is -0.341 e. The fraction of sp³-hybridized carbons (Fsp3) is 0.167. The fourth-order valence-corrected chi connectivity index (χ4v) is 4.35. The van der Waals surface area contributed by atoms with Crippen LogP contribution in [-0.4, -0.2) is 4.89 Å². The van der Waals surface area contributed by atoms with Crippen molar-refractivity contribution in [1.82, 2.24) is 0 Å². The Labute approximate surface area is 126 Å². The van der Waals surface area contributed by atoms with Crippen LogP contribution in [0.15, 0.2) is 66.0 Å². The molecule has 21 heavy (non-hydrogen) atoms. The molecule has 0 spiro atoms. The molecule has 0 aliphatic rings. The van der Waals surface area contributed by atoms with Crippen LogP contribution in [0.3, 0.4) is 0 Å². The van der Waals surface area contributed by atoms with Crippen molar-refractivity contribution in [2.75, 3.05) is 0 Å². The Hall–Kier alpha value is -1.63. The lowest BCUT2D eigenvalue weighted by Gasteiger charge is -2.18. The highest BCUT2D eigenvalue weighted by atomic mass is 31.2. The molecule has 0 saturated heterocycles. The first-order valence-electron chi connectivity index (χ1n) is 7.01. The van der Waals surface area contributed by atoms with E-state index in [1.807, 2.05) is 67.6 Å². The van der Waals surface area contributed by atoms with Crippen LogP contribution in [0.1, 0.15) is 24.5 Å². The molecule has 0 saturated carbocycles. The van der Waals surface area contributed by atoms with Crippen LogP contribution in [0.5, 0.6) is 0 Å². The zero-order valence-corrected chi connectivity index (χ0v) is 13.1. The average molecular weight is 299 g/mol. The molecular weight excluding hydrogens is 279 g/mol. The molecule has 0 aromatic heterocycles. The van der Waals surface area contributed by atoms with Gasteiger partial charge in [-0.2, -0.15) is 0 Å². The van der Waals surface area contributed by atoms with Gasteiger partial charge in [0.05, 0.1) is 6.16 Å². The first-order valence-corrected chi connectivity index (χ1v) is 8.86. The van der Waals surface area contributed by atoms with Crippen molar-refractivity contribution < 1.29 is 9.46 Å². The fourth-order valence-electron chi connectivity index (χ4n) is 2.40. The summed E-state index contributed by atoms with van der Waals surface area (Å²) < 4.78 is 12.8. The van der Waals surface area contributed by atoms with Gasteiger partial charge in [0.15, 0.2) is 0 Å². The van der Waals surface area contributed by atoms with E-state index in [0.29, 0.717) is 17.3 Å². The molecule has 2 rings (SSSR count). The molecule has 0 aliphatic carbocycles. The van der Waals surface area contributed by atoms with Crippen molar-refractivity contribution in [3.8, 4) is 0 Å². The topological polar surface area (TPSA) is 37.3 Å². The Morgan fingerprint density at radius 3 is 2.10 bits per heavy atom. The van der Waals surface area contributed by atoms with Gasteiger partial charge in [0.1, 0.15) is 0 Å². The van der Waals surface area contributed by atoms with Gasteiger partial charge in [-0.3, -0.25) is 4.57 Å². The summed E-state index contributed by atoms with van der Waals surface area (Å²) in [5, 5.41) is 0.553. The lowest BCUT2D eigenvalue weighted by molar-refractivity contribution is 0.483. The summed E-state index contributed by atoms with van der Waals surface area (Å²) >= 11 is 0. The SMILES string of the molecule is [CH2]C(=C(CC)P(=O)(O)Cc1ccccc1)c1ccccc1. The summed E-state index contributed by atoms with van der Waals surface area (Å²) in [6, 6.07) is 19.0. The van der Waals surface area contributed by atoms with Crippen LogP contribution in [0.2, 0.25) is 0 Å². The standard InChI is InChI=1S/C18H20O2P/c1-3-18(15(2)17-12-8-5-9-13-17)21(19,20)14-16-10-6-4-7-11-16/h4-13H,2-3,14H2,1H3,(H,19,20). The van der Waals surface area contributed by atoms with Gasteiger partial charge in [-0.1, -0.05) is 67.6 Å². The zero-order chi connectivity index (χ0) is 15.3. The predicted octanol–water partition coefficient (Wildman–Crippen LogP) is 5.11. The molecule has 0 fully saturated rings. The van der Waals surface area contributed by atoms with Gasteiger partial charge >= 0.3 is 0 Å². The molecule has 0 heterocycles. The third-order valence-corrected chi connectivity index (χ3v) is 5.69. The molecule has 2 aromatic rings. The maximum atomic E-state index is 12.8. The molecule has 1 N–H and O–H groups in total. The van der Waals surface area contributed by atoms with Crippen LogP contribution in [-0.2, 0) is 10.7 Å². The van der Waals surface area contributed by atoms with E-state index < -0.39 is 7.37 Å². The van der Waals surface area contributed by atoms with Crippen LogP contribution < -0.4 is 0 Å². The summed E-state index contributed by atoms with van der Waals surface area (Å²) in [6.07, 6.45) is 0.678. The summed E-state index contributed by atoms with van der Waals surface area (Å²) in [5.74, 6) is 0. The molecule has 109 valence electrons. The molecular formula is C18H20O2P. The monoisotopic (exact) mass is 299 g/mol. The van der Waals surface area contributed by atoms with Gasteiger partial charge in [0.25, 0.3) is 0 Å². The van der Waals surface area contributed by atoms with E-state index >= 15 is 0 Å². The second-order valence-electron chi connectivity index (χ2n) is 4.99. The van der Waals surface area contributed by atoms with Crippen molar-refractivity contribution in [2.45, 2.75) is 19.5 Å². The second kappa shape index (κ2) is 6.89. The van der Waals surface area contributed by atoms with Crippen LogP contribution in [0.25, 0.3) is 5.57 Å². The van der Waals surface area contributed by atoms with E-state index in [2.05, 4.69) is 6.92 Å². The molecule has 2 nitrogen and oxygen atoms in total. The van der Waals surface area contributed by atoms with Gasteiger partial charge in [-0.15, -0.1) is 0 Å². The second-order valence-corrected chi connectivity index (χ2v) is 7.25. The van der Waals surface area contributed by atoms with Gasteiger partial charge in [0.2, 0.25) is 7.37 Å². The smallest absolute Gasteiger partial charge is 0.230 e. The summed E-state index contributed by atoms with van der Waals surface area (Å²) in [7, 11) is -3.43. The van der Waals surface area contributed by atoms with Crippen molar-refractivity contribution >= 4 is 12.9 Å². The number of allylic oxidation sites excluding steroid dienone is 2. The summed E-state index contributed by atoms with van der Waals surface area (Å²) in [5.41, 5.74) is 2.44. The Bertz CT molecular complexity index is 660. The Kier molecular flexibility index (Phi) is 5.17. The molecule has 0 amide bonds. The highest BCUT2D eigenvalue weighted by Crippen LogP contribution is 2.56. The number of benzene rings is 2. The van der Waals surface area contributed by atoms with E-state index in [9.17, 15) is 9.46 Å². The average Bonchev–Trinajstić information content (AvgIpc) is 2.49. The van der Waals surface area contributed by atoms with E-state index in [1.54, 1.807) is 0 Å². The molecule has 1 unspecified atom stereocenters. The first-order chi connectivity index (χ1) is 10.0. The van der Waals surface area contributed by atoms with Crippen molar-refractivity contribution in [1.29, 1.82) is 0 Å². The number of rotatable bonds is 5. The molecule has 0 bridgehead atoms. The highest BCUT2D eigenvalue weighted by Gasteiger charge is 2.25. The molecule has 0 aliphatic heterocycles. The summed E-state index contributed by atoms with van der Waals surface area (Å²) in [4.78, 5) is 10.5. The maximum Gasteiger partial charge on any atom is 0.230 e. The molecule has 2 aromatic carbocycles. The Balaban J connectivity index is 2.38. The zero-order valence-electron chi connectivity index (χ0n) is 12.2. The minimum absolute atomic E-state index is 0.156. The molecule has 3 heteroatoms. The van der Waals surface area contributed by atoms with Gasteiger partial charge in [0, 0.05) is 5.31 Å². The van der Waals surface area contributed by atoms with Crippen molar-refractivity contribution in [2.24, 2.45) is 0 Å². The summed E-state index contributed by atoms with van der Waals surface area (Å²) in [6.45, 7) is 5.93. The lowest BCUT2D eigenvalue weighted by atomic mass is 10.1. The quantitative estimate of drug-likeness (QED) is 0.779. The largest absolute Gasteiger partial charge is 0.341 e. The number of hydrogen-bond acceptors (Lipinski definition) is 1. The van der Waals surface area contributed by atoms with E-state index in [0.717, 1.165) is 11.1 Å². The van der Waals surface area contributed by atoms with Crippen molar-refractivity contribution in [3.63, 3.8) is 0 Å². The predicted molar refractivity (Wildman–Crippen MR) is 89.0 cm³/mol. The Morgan fingerprint density at radius 1 is 1.05 bits per heavy atom. The third kappa shape index (κ3) is 3.93. The minimum atomic E-state index is -3.43. The van der Waals surface area contributed by atoms with E-state index in [1.165, 1.54) is 0 Å².